The number of halogens is 1. The van der Waals surface area contributed by atoms with Crippen LogP contribution in [0.3, 0.4) is 0 Å². The van der Waals surface area contributed by atoms with E-state index in [1.54, 1.807) is 24.3 Å². The van der Waals surface area contributed by atoms with Gasteiger partial charge in [-0.05, 0) is 80.6 Å². The molecule has 2 N–H and O–H groups in total. The lowest BCUT2D eigenvalue weighted by Crippen LogP contribution is -2.53. The molecule has 2 aromatic carbocycles. The van der Waals surface area contributed by atoms with Crippen molar-refractivity contribution in [3.8, 4) is 6.07 Å². The number of nitriles is 1. The maximum Gasteiger partial charge on any atom is 0.251 e. The minimum absolute atomic E-state index is 0.0606. The Labute approximate surface area is 246 Å². The SMILES string of the molecule is C=CCN(CCC[C@H](NC(=O)c1ccc(C#N)cc1)C(=O)N1CCC(N2C=NNC2)CC1)C1C[C@H]1c1ccc(F)cc1. The van der Waals surface area contributed by atoms with Crippen LogP contribution in [0.4, 0.5) is 4.39 Å². The molecule has 0 radical (unpaired) electrons. The van der Waals surface area contributed by atoms with E-state index >= 15 is 0 Å². The van der Waals surface area contributed by atoms with Crippen LogP contribution >= 0.6 is 0 Å². The van der Waals surface area contributed by atoms with Gasteiger partial charge in [-0.3, -0.25) is 19.9 Å². The average Bonchev–Trinajstić information content (AvgIpc) is 3.62. The van der Waals surface area contributed by atoms with Gasteiger partial charge >= 0.3 is 0 Å². The number of nitrogens with one attached hydrogen (secondary N) is 2. The minimum atomic E-state index is -0.655. The Balaban J connectivity index is 1.21. The number of piperidine rings is 1. The number of benzene rings is 2. The van der Waals surface area contributed by atoms with Gasteiger partial charge in [-0.2, -0.15) is 10.4 Å². The summed E-state index contributed by atoms with van der Waals surface area (Å²) < 4.78 is 13.4. The zero-order valence-electron chi connectivity index (χ0n) is 23.8. The Morgan fingerprint density at radius 1 is 1.19 bits per heavy atom. The smallest absolute Gasteiger partial charge is 0.251 e. The lowest BCUT2D eigenvalue weighted by Gasteiger charge is -2.37. The molecule has 2 aromatic rings. The van der Waals surface area contributed by atoms with E-state index in [1.807, 2.05) is 29.4 Å². The van der Waals surface area contributed by atoms with Crippen LogP contribution in [0.15, 0.2) is 66.3 Å². The van der Waals surface area contributed by atoms with Gasteiger partial charge in [0.05, 0.1) is 11.6 Å². The molecule has 1 aliphatic carbocycles. The van der Waals surface area contributed by atoms with Crippen molar-refractivity contribution >= 4 is 18.2 Å². The van der Waals surface area contributed by atoms with Gasteiger partial charge in [0.15, 0.2) is 0 Å². The highest BCUT2D eigenvalue weighted by molar-refractivity contribution is 5.97. The number of carbonyl (C=O) groups is 2. The molecule has 42 heavy (non-hydrogen) atoms. The third kappa shape index (κ3) is 7.15. The number of nitrogens with zero attached hydrogens (tertiary/aromatic N) is 5. The summed E-state index contributed by atoms with van der Waals surface area (Å²) in [6.07, 6.45) is 7.62. The summed E-state index contributed by atoms with van der Waals surface area (Å²) in [5, 5.41) is 16.2. The van der Waals surface area contributed by atoms with E-state index in [-0.39, 0.29) is 17.6 Å². The fourth-order valence-corrected chi connectivity index (χ4v) is 6.05. The van der Waals surface area contributed by atoms with Crippen LogP contribution in [0.2, 0.25) is 0 Å². The summed E-state index contributed by atoms with van der Waals surface area (Å²) >= 11 is 0. The van der Waals surface area contributed by atoms with Crippen molar-refractivity contribution in [2.45, 2.75) is 56.1 Å². The van der Waals surface area contributed by atoms with Crippen molar-refractivity contribution in [1.82, 2.24) is 25.4 Å². The molecule has 2 heterocycles. The summed E-state index contributed by atoms with van der Waals surface area (Å²) in [5.41, 5.74) is 4.98. The summed E-state index contributed by atoms with van der Waals surface area (Å²) in [6.45, 7) is 7.35. The first-order valence-electron chi connectivity index (χ1n) is 14.7. The van der Waals surface area contributed by atoms with Crippen molar-refractivity contribution in [2.24, 2.45) is 5.10 Å². The lowest BCUT2D eigenvalue weighted by atomic mass is 10.0. The van der Waals surface area contributed by atoms with E-state index in [9.17, 15) is 14.0 Å². The Bertz CT molecular complexity index is 1320. The first-order valence-corrected chi connectivity index (χ1v) is 14.7. The maximum atomic E-state index is 13.8. The molecule has 9 nitrogen and oxygen atoms in total. The fraction of sp³-hybridized carbons (Fsp3) is 0.438. The van der Waals surface area contributed by atoms with Crippen molar-refractivity contribution in [2.75, 3.05) is 32.8 Å². The fourth-order valence-electron chi connectivity index (χ4n) is 6.05. The number of rotatable bonds is 12. The van der Waals surface area contributed by atoms with Crippen LogP contribution < -0.4 is 10.7 Å². The summed E-state index contributed by atoms with van der Waals surface area (Å²) in [4.78, 5) is 33.3. The van der Waals surface area contributed by atoms with Crippen molar-refractivity contribution in [3.63, 3.8) is 0 Å². The minimum Gasteiger partial charge on any atom is -0.341 e. The highest BCUT2D eigenvalue weighted by atomic mass is 19.1. The Kier molecular flexibility index (Phi) is 9.49. The predicted octanol–water partition coefficient (Wildman–Crippen LogP) is 3.42. The standard InChI is InChI=1S/C32H38FN7O2/c1-2-15-38(30-19-28(30)24-9-11-26(33)12-10-24)16-3-4-29(37-31(41)25-7-5-23(20-34)6-8-25)32(42)39-17-13-27(14-18-39)40-21-35-36-22-40/h2,5-12,21,27-30,36H,1,3-4,13-19,22H2,(H,37,41)/t28-,29-,30?/m0/s1. The normalized spacial score (nSPS) is 20.6. The number of amides is 2. The summed E-state index contributed by atoms with van der Waals surface area (Å²) in [6, 6.07) is 15.2. The molecule has 3 atom stereocenters. The molecular formula is C32H38FN7O2. The summed E-state index contributed by atoms with van der Waals surface area (Å²) in [7, 11) is 0. The second-order valence-corrected chi connectivity index (χ2v) is 11.2. The van der Waals surface area contributed by atoms with Crippen molar-refractivity contribution in [3.05, 3.63) is 83.7 Å². The van der Waals surface area contributed by atoms with Crippen LogP contribution in [-0.2, 0) is 4.79 Å². The Morgan fingerprint density at radius 2 is 1.93 bits per heavy atom. The summed E-state index contributed by atoms with van der Waals surface area (Å²) in [5.74, 6) is -0.261. The van der Waals surface area contributed by atoms with Crippen molar-refractivity contribution < 1.29 is 14.0 Å². The molecule has 10 heteroatoms. The molecular weight excluding hydrogens is 533 g/mol. The quantitative estimate of drug-likeness (QED) is 0.379. The molecule has 0 bridgehead atoms. The molecule has 0 aromatic heterocycles. The number of hydrogen-bond acceptors (Lipinski definition) is 7. The number of hydrazone groups is 1. The van der Waals surface area contributed by atoms with E-state index in [2.05, 4.69) is 38.3 Å². The Morgan fingerprint density at radius 3 is 2.57 bits per heavy atom. The third-order valence-corrected chi connectivity index (χ3v) is 8.50. The van der Waals surface area contributed by atoms with Gasteiger partial charge in [0, 0.05) is 43.2 Å². The molecule has 1 saturated carbocycles. The number of hydrogen-bond donors (Lipinski definition) is 2. The Hall–Kier alpha value is -4.23. The van der Waals surface area contributed by atoms with Crippen LogP contribution in [-0.4, -0.2) is 83.8 Å². The topological polar surface area (TPSA) is 104 Å². The molecule has 1 saturated heterocycles. The highest BCUT2D eigenvalue weighted by Crippen LogP contribution is 2.44. The monoisotopic (exact) mass is 571 g/mol. The van der Waals surface area contributed by atoms with E-state index in [4.69, 9.17) is 5.26 Å². The largest absolute Gasteiger partial charge is 0.341 e. The highest BCUT2D eigenvalue weighted by Gasteiger charge is 2.42. The van der Waals surface area contributed by atoms with Gasteiger partial charge in [-0.1, -0.05) is 18.2 Å². The predicted molar refractivity (Wildman–Crippen MR) is 159 cm³/mol. The third-order valence-electron chi connectivity index (χ3n) is 8.50. The number of carbonyl (C=O) groups excluding carboxylic acids is 2. The average molecular weight is 572 g/mol. The van der Waals surface area contributed by atoms with Gasteiger partial charge in [-0.15, -0.1) is 6.58 Å². The van der Waals surface area contributed by atoms with Crippen LogP contribution in [0.25, 0.3) is 0 Å². The van der Waals surface area contributed by atoms with E-state index in [1.165, 1.54) is 12.1 Å². The van der Waals surface area contributed by atoms with Gasteiger partial charge in [0.2, 0.25) is 5.91 Å². The number of likely N-dealkylation sites (tertiary alicyclic amines) is 1. The zero-order chi connectivity index (χ0) is 29.5. The lowest BCUT2D eigenvalue weighted by molar-refractivity contribution is -0.134. The molecule has 0 spiro atoms. The van der Waals surface area contributed by atoms with Gasteiger partial charge in [0.25, 0.3) is 5.91 Å². The van der Waals surface area contributed by atoms with E-state index in [0.29, 0.717) is 55.3 Å². The van der Waals surface area contributed by atoms with Crippen LogP contribution in [0.5, 0.6) is 0 Å². The van der Waals surface area contributed by atoms with E-state index < -0.39 is 6.04 Å². The van der Waals surface area contributed by atoms with Crippen LogP contribution in [0, 0.1) is 17.1 Å². The second kappa shape index (κ2) is 13.6. The molecule has 5 rings (SSSR count). The second-order valence-electron chi connectivity index (χ2n) is 11.2. The molecule has 3 aliphatic rings. The molecule has 2 fully saturated rings. The molecule has 220 valence electrons. The first kappa shape index (κ1) is 29.3. The molecule has 1 unspecified atom stereocenters. The van der Waals surface area contributed by atoms with Crippen molar-refractivity contribution in [1.29, 1.82) is 5.26 Å². The first-order chi connectivity index (χ1) is 20.5. The maximum absolute atomic E-state index is 13.8. The van der Waals surface area contributed by atoms with E-state index in [0.717, 1.165) is 44.3 Å². The van der Waals surface area contributed by atoms with Gasteiger partial charge in [-0.25, -0.2) is 4.39 Å². The van der Waals surface area contributed by atoms with Gasteiger partial charge < -0.3 is 15.1 Å². The molecule has 2 aliphatic heterocycles. The van der Waals surface area contributed by atoms with Crippen LogP contribution in [0.1, 0.15) is 59.5 Å². The van der Waals surface area contributed by atoms with Gasteiger partial charge in [0.1, 0.15) is 24.9 Å². The zero-order valence-corrected chi connectivity index (χ0v) is 23.8. The molecule has 2 amide bonds.